The predicted molar refractivity (Wildman–Crippen MR) is 89.5 cm³/mol. The van der Waals surface area contributed by atoms with E-state index in [4.69, 9.17) is 21.1 Å². The van der Waals surface area contributed by atoms with Crippen LogP contribution in [0.15, 0.2) is 45.8 Å². The van der Waals surface area contributed by atoms with E-state index in [-0.39, 0.29) is 16.3 Å². The lowest BCUT2D eigenvalue weighted by Gasteiger charge is -2.14. The molecule has 8 heteroatoms. The summed E-state index contributed by atoms with van der Waals surface area (Å²) < 4.78 is 38.5. The molecular weight excluding hydrogens is 394 g/mol. The van der Waals surface area contributed by atoms with Gasteiger partial charge in [0.1, 0.15) is 16.4 Å². The number of halogens is 2. The topological polar surface area (TPSA) is 64.6 Å². The van der Waals surface area contributed by atoms with Crippen LogP contribution in [0, 0.1) is 0 Å². The maximum atomic E-state index is 12.6. The molecule has 0 amide bonds. The number of nitrogens with one attached hydrogen (secondary N) is 1. The third kappa shape index (κ3) is 3.66. The minimum absolute atomic E-state index is 0.00593. The van der Waals surface area contributed by atoms with Gasteiger partial charge in [0.2, 0.25) is 0 Å². The smallest absolute Gasteiger partial charge is 0.265 e. The molecule has 0 bridgehead atoms. The maximum absolute atomic E-state index is 12.6. The number of ether oxygens (including phenoxy) is 2. The minimum atomic E-state index is -3.87. The Morgan fingerprint density at radius 3 is 2.32 bits per heavy atom. The van der Waals surface area contributed by atoms with Crippen LogP contribution in [0.1, 0.15) is 0 Å². The molecule has 0 unspecified atom stereocenters. The number of methoxy groups -OCH3 is 2. The number of anilines is 1. The molecule has 0 saturated heterocycles. The van der Waals surface area contributed by atoms with E-state index in [1.807, 2.05) is 0 Å². The van der Waals surface area contributed by atoms with Crippen LogP contribution in [0.2, 0.25) is 5.02 Å². The van der Waals surface area contributed by atoms with E-state index >= 15 is 0 Å². The van der Waals surface area contributed by atoms with Gasteiger partial charge in [0, 0.05) is 9.50 Å². The highest BCUT2D eigenvalue weighted by Gasteiger charge is 2.21. The first-order chi connectivity index (χ1) is 10.4. The van der Waals surface area contributed by atoms with Gasteiger partial charge in [-0.15, -0.1) is 0 Å². The first-order valence-corrected chi connectivity index (χ1v) is 8.72. The monoisotopic (exact) mass is 405 g/mol. The molecule has 118 valence electrons. The number of rotatable bonds is 5. The zero-order chi connectivity index (χ0) is 16.3. The van der Waals surface area contributed by atoms with Crippen molar-refractivity contribution in [3.05, 3.63) is 45.9 Å². The van der Waals surface area contributed by atoms with Crippen molar-refractivity contribution in [2.75, 3.05) is 18.9 Å². The van der Waals surface area contributed by atoms with Gasteiger partial charge in [-0.25, -0.2) is 8.42 Å². The van der Waals surface area contributed by atoms with Gasteiger partial charge in [-0.3, -0.25) is 4.72 Å². The second kappa shape index (κ2) is 6.76. The van der Waals surface area contributed by atoms with Crippen molar-refractivity contribution >= 4 is 43.2 Å². The Bertz CT molecular complexity index is 795. The fourth-order valence-corrected chi connectivity index (χ4v) is 3.76. The maximum Gasteiger partial charge on any atom is 0.265 e. The van der Waals surface area contributed by atoms with Crippen LogP contribution in [-0.4, -0.2) is 22.6 Å². The van der Waals surface area contributed by atoms with E-state index in [1.165, 1.54) is 26.4 Å². The third-order valence-corrected chi connectivity index (χ3v) is 4.94. The van der Waals surface area contributed by atoms with E-state index in [0.717, 1.165) is 0 Å². The first-order valence-electron chi connectivity index (χ1n) is 6.07. The number of hydrogen-bond donors (Lipinski definition) is 1. The van der Waals surface area contributed by atoms with Crippen molar-refractivity contribution in [1.29, 1.82) is 0 Å². The molecule has 5 nitrogen and oxygen atoms in total. The highest BCUT2D eigenvalue weighted by Crippen LogP contribution is 2.33. The summed E-state index contributed by atoms with van der Waals surface area (Å²) in [5.74, 6) is 0.596. The molecule has 2 rings (SSSR count). The van der Waals surface area contributed by atoms with Gasteiger partial charge in [0.25, 0.3) is 10.0 Å². The second-order valence-electron chi connectivity index (χ2n) is 4.25. The van der Waals surface area contributed by atoms with Crippen LogP contribution < -0.4 is 14.2 Å². The molecule has 0 fully saturated rings. The Labute approximate surface area is 142 Å². The molecule has 0 heterocycles. The molecule has 0 aliphatic rings. The van der Waals surface area contributed by atoms with Gasteiger partial charge in [-0.05, 0) is 36.4 Å². The van der Waals surface area contributed by atoms with Gasteiger partial charge >= 0.3 is 0 Å². The standard InChI is InChI=1S/C14H13BrClNO4S/c1-20-12-6-4-10(16)8-11(12)17-22(18,19)14-7-9(15)3-5-13(14)21-2/h3-8,17H,1-2H3. The second-order valence-corrected chi connectivity index (χ2v) is 7.25. The molecule has 22 heavy (non-hydrogen) atoms. The lowest BCUT2D eigenvalue weighted by Crippen LogP contribution is -2.14. The molecule has 0 radical (unpaired) electrons. The summed E-state index contributed by atoms with van der Waals surface area (Å²) in [7, 11) is -1.02. The fourth-order valence-electron chi connectivity index (χ4n) is 1.82. The Morgan fingerprint density at radius 2 is 1.68 bits per heavy atom. The molecule has 0 saturated carbocycles. The van der Waals surface area contributed by atoms with Crippen molar-refractivity contribution in [3.8, 4) is 11.5 Å². The zero-order valence-corrected chi connectivity index (χ0v) is 14.9. The minimum Gasteiger partial charge on any atom is -0.495 e. The highest BCUT2D eigenvalue weighted by molar-refractivity contribution is 9.10. The number of benzene rings is 2. The van der Waals surface area contributed by atoms with Crippen molar-refractivity contribution in [2.45, 2.75) is 4.90 Å². The van der Waals surface area contributed by atoms with E-state index in [9.17, 15) is 8.42 Å². The molecule has 0 atom stereocenters. The molecule has 0 aliphatic heterocycles. The summed E-state index contributed by atoms with van der Waals surface area (Å²) in [4.78, 5) is 0.00593. The normalized spacial score (nSPS) is 11.1. The molecular formula is C14H13BrClNO4S. The molecule has 0 aromatic heterocycles. The van der Waals surface area contributed by atoms with Gasteiger partial charge in [0.05, 0.1) is 19.9 Å². The van der Waals surface area contributed by atoms with Crippen LogP contribution in [-0.2, 0) is 10.0 Å². The lowest BCUT2D eigenvalue weighted by molar-refractivity contribution is 0.402. The predicted octanol–water partition coefficient (Wildman–Crippen LogP) is 3.92. The van der Waals surface area contributed by atoms with E-state index in [1.54, 1.807) is 24.3 Å². The molecule has 2 aromatic rings. The average Bonchev–Trinajstić information content (AvgIpc) is 2.47. The summed E-state index contributed by atoms with van der Waals surface area (Å²) in [6.07, 6.45) is 0. The summed E-state index contributed by atoms with van der Waals surface area (Å²) in [5.41, 5.74) is 0.247. The Balaban J connectivity index is 2.49. The fraction of sp³-hybridized carbons (Fsp3) is 0.143. The van der Waals surface area contributed by atoms with Crippen LogP contribution >= 0.6 is 27.5 Å². The van der Waals surface area contributed by atoms with Gasteiger partial charge in [-0.2, -0.15) is 0 Å². The summed E-state index contributed by atoms with van der Waals surface area (Å²) in [6.45, 7) is 0. The Morgan fingerprint density at radius 1 is 1.05 bits per heavy atom. The van der Waals surface area contributed by atoms with Crippen molar-refractivity contribution in [3.63, 3.8) is 0 Å². The summed E-state index contributed by atoms with van der Waals surface area (Å²) >= 11 is 9.16. The highest BCUT2D eigenvalue weighted by atomic mass is 79.9. The van der Waals surface area contributed by atoms with Crippen LogP contribution in [0.5, 0.6) is 11.5 Å². The third-order valence-electron chi connectivity index (χ3n) is 2.82. The SMILES string of the molecule is COc1ccc(Cl)cc1NS(=O)(=O)c1cc(Br)ccc1OC. The van der Waals surface area contributed by atoms with E-state index < -0.39 is 10.0 Å². The summed E-state index contributed by atoms with van der Waals surface area (Å²) in [6, 6.07) is 9.38. The molecule has 1 N–H and O–H groups in total. The van der Waals surface area contributed by atoms with Gasteiger partial charge in [0.15, 0.2) is 0 Å². The zero-order valence-electron chi connectivity index (χ0n) is 11.8. The van der Waals surface area contributed by atoms with Crippen molar-refractivity contribution in [1.82, 2.24) is 0 Å². The van der Waals surface area contributed by atoms with Crippen molar-refractivity contribution in [2.24, 2.45) is 0 Å². The van der Waals surface area contributed by atoms with E-state index in [0.29, 0.717) is 15.2 Å². The average molecular weight is 407 g/mol. The van der Waals surface area contributed by atoms with E-state index in [2.05, 4.69) is 20.7 Å². The molecule has 0 aliphatic carbocycles. The quantitative estimate of drug-likeness (QED) is 0.817. The first kappa shape index (κ1) is 16.9. The number of hydrogen-bond acceptors (Lipinski definition) is 4. The summed E-state index contributed by atoms with van der Waals surface area (Å²) in [5, 5.41) is 0.389. The lowest BCUT2D eigenvalue weighted by atomic mass is 10.3. The molecule has 0 spiro atoms. The van der Waals surface area contributed by atoms with Gasteiger partial charge in [-0.1, -0.05) is 27.5 Å². The van der Waals surface area contributed by atoms with Crippen LogP contribution in [0.3, 0.4) is 0 Å². The van der Waals surface area contributed by atoms with Crippen LogP contribution in [0.25, 0.3) is 0 Å². The Hall–Kier alpha value is -1.44. The van der Waals surface area contributed by atoms with Gasteiger partial charge < -0.3 is 9.47 Å². The Kier molecular flexibility index (Phi) is 5.20. The van der Waals surface area contributed by atoms with Crippen LogP contribution in [0.4, 0.5) is 5.69 Å². The van der Waals surface area contributed by atoms with Crippen molar-refractivity contribution < 1.29 is 17.9 Å². The molecule has 2 aromatic carbocycles. The number of sulfonamides is 1. The largest absolute Gasteiger partial charge is 0.495 e.